The minimum Gasteiger partial charge on any atom is -0.454 e. The molecule has 29 heavy (non-hydrogen) atoms. The SMILES string of the molecule is CC(C)[C@H](NC(=O)c1ccccc1Cl)C(=O)OCC(=O)N[C@@H]1CCC[C@@H](C)[C@@H]1C. The molecule has 0 bridgehead atoms. The van der Waals surface area contributed by atoms with E-state index in [0.717, 1.165) is 12.8 Å². The number of amides is 2. The molecule has 160 valence electrons. The summed E-state index contributed by atoms with van der Waals surface area (Å²) in [5.74, 6) is -0.676. The molecule has 4 atom stereocenters. The molecule has 1 aliphatic carbocycles. The van der Waals surface area contributed by atoms with E-state index in [0.29, 0.717) is 16.9 Å². The van der Waals surface area contributed by atoms with Crippen molar-refractivity contribution in [3.05, 3.63) is 34.9 Å². The molecule has 0 aliphatic heterocycles. The number of esters is 1. The maximum absolute atomic E-state index is 12.5. The van der Waals surface area contributed by atoms with Crippen LogP contribution in [0.25, 0.3) is 0 Å². The maximum atomic E-state index is 12.5. The van der Waals surface area contributed by atoms with Crippen LogP contribution in [0.1, 0.15) is 57.3 Å². The highest BCUT2D eigenvalue weighted by molar-refractivity contribution is 6.33. The van der Waals surface area contributed by atoms with Gasteiger partial charge in [0.15, 0.2) is 6.61 Å². The van der Waals surface area contributed by atoms with E-state index in [1.165, 1.54) is 6.42 Å². The quantitative estimate of drug-likeness (QED) is 0.658. The lowest BCUT2D eigenvalue weighted by molar-refractivity contribution is -0.151. The van der Waals surface area contributed by atoms with Crippen molar-refractivity contribution in [1.29, 1.82) is 0 Å². The molecular formula is C22H31ClN2O4. The van der Waals surface area contributed by atoms with Crippen molar-refractivity contribution in [3.8, 4) is 0 Å². The van der Waals surface area contributed by atoms with Crippen LogP contribution < -0.4 is 10.6 Å². The molecule has 0 spiro atoms. The summed E-state index contributed by atoms with van der Waals surface area (Å²) in [6, 6.07) is 5.84. The minimum atomic E-state index is -0.875. The first kappa shape index (κ1) is 23.2. The van der Waals surface area contributed by atoms with Gasteiger partial charge in [0, 0.05) is 6.04 Å². The summed E-state index contributed by atoms with van der Waals surface area (Å²) < 4.78 is 5.20. The molecule has 0 unspecified atom stereocenters. The molecule has 2 N–H and O–H groups in total. The highest BCUT2D eigenvalue weighted by Crippen LogP contribution is 2.29. The Labute approximate surface area is 177 Å². The summed E-state index contributed by atoms with van der Waals surface area (Å²) in [7, 11) is 0. The molecule has 1 aromatic carbocycles. The van der Waals surface area contributed by atoms with Gasteiger partial charge in [-0.05, 0) is 36.3 Å². The van der Waals surface area contributed by atoms with Crippen molar-refractivity contribution in [2.24, 2.45) is 17.8 Å². The fourth-order valence-corrected chi connectivity index (χ4v) is 3.84. The Morgan fingerprint density at radius 2 is 1.86 bits per heavy atom. The Bertz CT molecular complexity index is 737. The molecule has 1 saturated carbocycles. The van der Waals surface area contributed by atoms with Crippen LogP contribution in [0.3, 0.4) is 0 Å². The molecular weight excluding hydrogens is 392 g/mol. The molecule has 1 aliphatic rings. The summed E-state index contributed by atoms with van der Waals surface area (Å²) in [4.78, 5) is 37.2. The Balaban J connectivity index is 1.90. The predicted octanol–water partition coefficient (Wildman–Crippen LogP) is 3.58. The summed E-state index contributed by atoms with van der Waals surface area (Å²) >= 11 is 6.05. The van der Waals surface area contributed by atoms with Crippen molar-refractivity contribution in [3.63, 3.8) is 0 Å². The minimum absolute atomic E-state index is 0.103. The number of rotatable bonds is 7. The standard InChI is InChI=1S/C22H31ClN2O4/c1-13(2)20(25-21(27)16-9-5-6-10-17(16)23)22(28)29-12-19(26)24-18-11-7-8-14(3)15(18)4/h5-6,9-10,13-15,18,20H,7-8,11-12H2,1-4H3,(H,24,26)(H,25,27)/t14-,15+,18-,20+/m1/s1. The van der Waals surface area contributed by atoms with Gasteiger partial charge in [0.05, 0.1) is 10.6 Å². The van der Waals surface area contributed by atoms with Crippen molar-refractivity contribution in [2.75, 3.05) is 6.61 Å². The number of benzene rings is 1. The van der Waals surface area contributed by atoms with E-state index in [1.54, 1.807) is 38.1 Å². The fourth-order valence-electron chi connectivity index (χ4n) is 3.62. The molecule has 0 radical (unpaired) electrons. The van der Waals surface area contributed by atoms with E-state index >= 15 is 0 Å². The van der Waals surface area contributed by atoms with Crippen LogP contribution in [-0.2, 0) is 14.3 Å². The van der Waals surface area contributed by atoms with E-state index in [2.05, 4.69) is 24.5 Å². The van der Waals surface area contributed by atoms with Crippen LogP contribution in [0.2, 0.25) is 5.02 Å². The zero-order valence-electron chi connectivity index (χ0n) is 17.5. The number of carbonyl (C=O) groups is 3. The third-order valence-corrected chi connectivity index (χ3v) is 6.05. The monoisotopic (exact) mass is 422 g/mol. The molecule has 0 saturated heterocycles. The molecule has 0 aromatic heterocycles. The number of halogens is 1. The van der Waals surface area contributed by atoms with Crippen LogP contribution >= 0.6 is 11.6 Å². The van der Waals surface area contributed by atoms with Crippen molar-refractivity contribution >= 4 is 29.4 Å². The third kappa shape index (κ3) is 6.46. The van der Waals surface area contributed by atoms with Gasteiger partial charge in [-0.2, -0.15) is 0 Å². The topological polar surface area (TPSA) is 84.5 Å². The van der Waals surface area contributed by atoms with Gasteiger partial charge < -0.3 is 15.4 Å². The van der Waals surface area contributed by atoms with Gasteiger partial charge in [-0.15, -0.1) is 0 Å². The lowest BCUT2D eigenvalue weighted by Gasteiger charge is -2.34. The van der Waals surface area contributed by atoms with Gasteiger partial charge in [0.2, 0.25) is 0 Å². The Kier molecular flexibility index (Phi) is 8.50. The van der Waals surface area contributed by atoms with Crippen molar-refractivity contribution in [1.82, 2.24) is 10.6 Å². The molecule has 2 amide bonds. The van der Waals surface area contributed by atoms with Crippen LogP contribution in [0.15, 0.2) is 24.3 Å². The Morgan fingerprint density at radius 3 is 2.52 bits per heavy atom. The molecule has 6 nitrogen and oxygen atoms in total. The fraction of sp³-hybridized carbons (Fsp3) is 0.591. The van der Waals surface area contributed by atoms with Gasteiger partial charge in [-0.25, -0.2) is 4.79 Å². The summed E-state index contributed by atoms with van der Waals surface area (Å²) in [6.07, 6.45) is 3.19. The van der Waals surface area contributed by atoms with Gasteiger partial charge in [0.1, 0.15) is 6.04 Å². The number of ether oxygens (including phenoxy) is 1. The highest BCUT2D eigenvalue weighted by Gasteiger charge is 2.30. The normalized spacial score (nSPS) is 22.6. The largest absolute Gasteiger partial charge is 0.454 e. The van der Waals surface area contributed by atoms with Crippen LogP contribution in [0.4, 0.5) is 0 Å². The molecule has 0 heterocycles. The second kappa shape index (κ2) is 10.6. The van der Waals surface area contributed by atoms with Crippen molar-refractivity contribution in [2.45, 2.75) is 59.0 Å². The van der Waals surface area contributed by atoms with Crippen molar-refractivity contribution < 1.29 is 19.1 Å². The first-order valence-electron chi connectivity index (χ1n) is 10.2. The third-order valence-electron chi connectivity index (χ3n) is 5.72. The number of carbonyl (C=O) groups excluding carboxylic acids is 3. The zero-order chi connectivity index (χ0) is 21.6. The average molecular weight is 423 g/mol. The first-order valence-corrected chi connectivity index (χ1v) is 10.6. The molecule has 1 fully saturated rings. The zero-order valence-corrected chi connectivity index (χ0v) is 18.3. The van der Waals surface area contributed by atoms with E-state index < -0.39 is 17.9 Å². The second-order valence-electron chi connectivity index (χ2n) is 8.22. The predicted molar refractivity (Wildman–Crippen MR) is 113 cm³/mol. The maximum Gasteiger partial charge on any atom is 0.329 e. The van der Waals surface area contributed by atoms with Crippen LogP contribution in [0.5, 0.6) is 0 Å². The molecule has 1 aromatic rings. The van der Waals surface area contributed by atoms with Gasteiger partial charge in [-0.3, -0.25) is 9.59 Å². The Hall–Kier alpha value is -2.08. The molecule has 2 rings (SSSR count). The summed E-state index contributed by atoms with van der Waals surface area (Å²) in [5, 5.41) is 5.94. The van der Waals surface area contributed by atoms with E-state index in [4.69, 9.17) is 16.3 Å². The first-order chi connectivity index (χ1) is 13.7. The van der Waals surface area contributed by atoms with Gasteiger partial charge >= 0.3 is 5.97 Å². The number of hydrogen-bond acceptors (Lipinski definition) is 4. The lowest BCUT2D eigenvalue weighted by Crippen LogP contribution is -2.48. The van der Waals surface area contributed by atoms with Gasteiger partial charge in [0.25, 0.3) is 11.8 Å². The highest BCUT2D eigenvalue weighted by atomic mass is 35.5. The second-order valence-corrected chi connectivity index (χ2v) is 8.63. The van der Waals surface area contributed by atoms with Gasteiger partial charge in [-0.1, -0.05) is 64.3 Å². The van der Waals surface area contributed by atoms with E-state index in [-0.39, 0.29) is 30.0 Å². The van der Waals surface area contributed by atoms with E-state index in [9.17, 15) is 14.4 Å². The number of hydrogen-bond donors (Lipinski definition) is 2. The van der Waals surface area contributed by atoms with E-state index in [1.807, 2.05) is 0 Å². The summed E-state index contributed by atoms with van der Waals surface area (Å²) in [5.41, 5.74) is 0.283. The smallest absolute Gasteiger partial charge is 0.329 e. The summed E-state index contributed by atoms with van der Waals surface area (Å²) in [6.45, 7) is 7.56. The average Bonchev–Trinajstić information content (AvgIpc) is 2.67. The Morgan fingerprint density at radius 1 is 1.17 bits per heavy atom. The van der Waals surface area contributed by atoms with Crippen LogP contribution in [0, 0.1) is 17.8 Å². The number of nitrogens with one attached hydrogen (secondary N) is 2. The van der Waals surface area contributed by atoms with Crippen LogP contribution in [-0.4, -0.2) is 36.5 Å². The molecule has 7 heteroatoms. The lowest BCUT2D eigenvalue weighted by atomic mass is 9.78.